The Hall–Kier alpha value is -1.90. The fourth-order valence-electron chi connectivity index (χ4n) is 1.28. The Labute approximate surface area is 94.8 Å². The van der Waals surface area contributed by atoms with Crippen molar-refractivity contribution >= 4 is 18.1 Å². The number of allylic oxidation sites excluding steroid dienone is 2. The lowest BCUT2D eigenvalue weighted by Gasteiger charge is -1.97. The van der Waals surface area contributed by atoms with Gasteiger partial charge in [0.05, 0.1) is 12.5 Å². The molecule has 0 unspecified atom stereocenters. The van der Waals surface area contributed by atoms with Crippen LogP contribution in [0.3, 0.4) is 0 Å². The molecule has 0 aliphatic carbocycles. The molecule has 1 heterocycles. The minimum atomic E-state index is -0.416. The van der Waals surface area contributed by atoms with Crippen LogP contribution in [0.1, 0.15) is 24.3 Å². The van der Waals surface area contributed by atoms with Gasteiger partial charge in [0.1, 0.15) is 5.69 Å². The van der Waals surface area contributed by atoms with Crippen LogP contribution in [0.25, 0.3) is 12.2 Å². The zero-order valence-electron chi connectivity index (χ0n) is 9.73. The van der Waals surface area contributed by atoms with Gasteiger partial charge in [-0.05, 0) is 25.1 Å². The van der Waals surface area contributed by atoms with Crippen LogP contribution in [0.2, 0.25) is 0 Å². The van der Waals surface area contributed by atoms with Crippen LogP contribution in [0.5, 0.6) is 0 Å². The third-order valence-electron chi connectivity index (χ3n) is 2.09. The zero-order chi connectivity index (χ0) is 12.0. The summed E-state index contributed by atoms with van der Waals surface area (Å²) in [5.74, 6) is -0.416. The van der Waals surface area contributed by atoms with Crippen LogP contribution in [-0.4, -0.2) is 18.1 Å². The predicted octanol–water partition coefficient (Wildman–Crippen LogP) is 1.03. The molecule has 0 atom stereocenters. The molecule has 0 bridgehead atoms. The highest BCUT2D eigenvalue weighted by atomic mass is 16.5. The first-order chi connectivity index (χ1) is 7.72. The van der Waals surface area contributed by atoms with Crippen molar-refractivity contribution in [3.05, 3.63) is 40.5 Å². The number of rotatable bonds is 2. The maximum atomic E-state index is 11.3. The molecule has 0 saturated carbocycles. The summed E-state index contributed by atoms with van der Waals surface area (Å²) in [5, 5.41) is 1.76. The maximum absolute atomic E-state index is 11.3. The van der Waals surface area contributed by atoms with Crippen LogP contribution in [-0.2, 0) is 4.74 Å². The Morgan fingerprint density at radius 3 is 2.69 bits per heavy atom. The van der Waals surface area contributed by atoms with E-state index in [0.717, 1.165) is 10.6 Å². The summed E-state index contributed by atoms with van der Waals surface area (Å²) in [6.07, 6.45) is 7.68. The van der Waals surface area contributed by atoms with Crippen molar-refractivity contribution in [3.63, 3.8) is 0 Å². The molecule has 0 aromatic carbocycles. The highest BCUT2D eigenvalue weighted by Crippen LogP contribution is 1.90. The number of methoxy groups -OCH3 is 1. The van der Waals surface area contributed by atoms with Crippen molar-refractivity contribution in [3.8, 4) is 0 Å². The second-order valence-corrected chi connectivity index (χ2v) is 3.14. The Balaban J connectivity index is 3.34. The first kappa shape index (κ1) is 12.2. The number of esters is 1. The van der Waals surface area contributed by atoms with Gasteiger partial charge in [-0.25, -0.2) is 9.78 Å². The number of carbonyl (C=O) groups is 1. The van der Waals surface area contributed by atoms with Crippen LogP contribution in [0, 0.1) is 0 Å². The highest BCUT2D eigenvalue weighted by Gasteiger charge is 2.05. The molecule has 0 saturated heterocycles. The van der Waals surface area contributed by atoms with Crippen molar-refractivity contribution in [1.82, 2.24) is 4.98 Å². The van der Waals surface area contributed by atoms with E-state index in [1.807, 2.05) is 44.2 Å². The largest absolute Gasteiger partial charge is 0.464 e. The van der Waals surface area contributed by atoms with Gasteiger partial charge in [-0.2, -0.15) is 0 Å². The summed E-state index contributed by atoms with van der Waals surface area (Å²) in [6, 6.07) is 3.52. The molecule has 0 amide bonds. The van der Waals surface area contributed by atoms with Gasteiger partial charge in [0, 0.05) is 0 Å². The molecule has 1 aromatic heterocycles. The smallest absolute Gasteiger partial charge is 0.356 e. The lowest BCUT2D eigenvalue weighted by molar-refractivity contribution is 0.0593. The molecular formula is C13H15NO2. The molecule has 0 spiro atoms. The fraction of sp³-hybridized carbons (Fsp3) is 0.231. The summed E-state index contributed by atoms with van der Waals surface area (Å²) < 4.78 is 4.62. The first-order valence-electron chi connectivity index (χ1n) is 5.07. The molecule has 3 nitrogen and oxygen atoms in total. The minimum Gasteiger partial charge on any atom is -0.464 e. The number of nitrogens with zero attached hydrogens (tertiary/aromatic N) is 1. The van der Waals surface area contributed by atoms with Gasteiger partial charge in [0.15, 0.2) is 0 Å². The van der Waals surface area contributed by atoms with E-state index >= 15 is 0 Å². The molecule has 0 aliphatic heterocycles. The van der Waals surface area contributed by atoms with Gasteiger partial charge in [-0.1, -0.05) is 30.4 Å². The number of aromatic nitrogens is 1. The Morgan fingerprint density at radius 1 is 1.38 bits per heavy atom. The molecule has 0 radical (unpaired) electrons. The highest BCUT2D eigenvalue weighted by molar-refractivity contribution is 5.86. The zero-order valence-corrected chi connectivity index (χ0v) is 9.73. The number of pyridine rings is 1. The Bertz CT molecular complexity index is 515. The summed E-state index contributed by atoms with van der Waals surface area (Å²) >= 11 is 0. The summed E-state index contributed by atoms with van der Waals surface area (Å²) in [6.45, 7) is 3.83. The molecule has 3 heteroatoms. The maximum Gasteiger partial charge on any atom is 0.356 e. The van der Waals surface area contributed by atoms with Crippen LogP contribution < -0.4 is 10.6 Å². The van der Waals surface area contributed by atoms with Gasteiger partial charge < -0.3 is 4.74 Å². The monoisotopic (exact) mass is 217 g/mol. The van der Waals surface area contributed by atoms with Crippen LogP contribution >= 0.6 is 0 Å². The van der Waals surface area contributed by atoms with E-state index < -0.39 is 5.97 Å². The lowest BCUT2D eigenvalue weighted by Crippen LogP contribution is -2.29. The molecule has 0 N–H and O–H groups in total. The van der Waals surface area contributed by atoms with Crippen molar-refractivity contribution in [1.29, 1.82) is 0 Å². The van der Waals surface area contributed by atoms with E-state index in [-0.39, 0.29) is 0 Å². The third-order valence-corrected chi connectivity index (χ3v) is 2.09. The molecule has 84 valence electrons. The normalized spacial score (nSPS) is 13.4. The van der Waals surface area contributed by atoms with E-state index in [0.29, 0.717) is 5.69 Å². The van der Waals surface area contributed by atoms with E-state index in [9.17, 15) is 4.79 Å². The van der Waals surface area contributed by atoms with E-state index in [4.69, 9.17) is 0 Å². The number of ether oxygens (including phenoxy) is 1. The predicted molar refractivity (Wildman–Crippen MR) is 64.2 cm³/mol. The molecular weight excluding hydrogens is 202 g/mol. The molecule has 1 rings (SSSR count). The summed E-state index contributed by atoms with van der Waals surface area (Å²) in [4.78, 5) is 15.5. The van der Waals surface area contributed by atoms with Gasteiger partial charge >= 0.3 is 5.97 Å². The van der Waals surface area contributed by atoms with E-state index in [1.165, 1.54) is 7.11 Å². The fourth-order valence-corrected chi connectivity index (χ4v) is 1.28. The quantitative estimate of drug-likeness (QED) is 0.694. The number of hydrogen-bond donors (Lipinski definition) is 0. The average molecular weight is 217 g/mol. The lowest BCUT2D eigenvalue weighted by atomic mass is 10.2. The Morgan fingerprint density at radius 2 is 2.12 bits per heavy atom. The molecule has 0 fully saturated rings. The second-order valence-electron chi connectivity index (χ2n) is 3.14. The summed E-state index contributed by atoms with van der Waals surface area (Å²) in [7, 11) is 1.35. The first-order valence-corrected chi connectivity index (χ1v) is 5.07. The van der Waals surface area contributed by atoms with Crippen molar-refractivity contribution in [2.45, 2.75) is 13.8 Å². The minimum absolute atomic E-state index is 0.327. The van der Waals surface area contributed by atoms with Crippen LogP contribution in [0.4, 0.5) is 0 Å². The average Bonchev–Trinajstić information content (AvgIpc) is 2.35. The number of carbonyl (C=O) groups excluding carboxylic acids is 1. The van der Waals surface area contributed by atoms with E-state index in [2.05, 4.69) is 9.72 Å². The molecule has 1 aromatic rings. The standard InChI is InChI=1S/C13H15NO2/c1-4-6-7-10-8-9-12(13(15)16-3)14-11(10)5-2/h4-9H,1-3H3/b6-4-,10-7-,11-5+. The molecule has 16 heavy (non-hydrogen) atoms. The van der Waals surface area contributed by atoms with Gasteiger partial charge in [0.2, 0.25) is 0 Å². The van der Waals surface area contributed by atoms with Crippen LogP contribution in [0.15, 0.2) is 24.3 Å². The van der Waals surface area contributed by atoms with Crippen molar-refractivity contribution in [2.24, 2.45) is 0 Å². The van der Waals surface area contributed by atoms with Crippen molar-refractivity contribution in [2.75, 3.05) is 7.11 Å². The summed E-state index contributed by atoms with van der Waals surface area (Å²) in [5.41, 5.74) is 0.327. The van der Waals surface area contributed by atoms with Gasteiger partial charge in [0.25, 0.3) is 0 Å². The Kier molecular flexibility index (Phi) is 4.45. The topological polar surface area (TPSA) is 39.2 Å². The number of hydrogen-bond acceptors (Lipinski definition) is 3. The van der Waals surface area contributed by atoms with Gasteiger partial charge in [-0.15, -0.1) is 0 Å². The SMILES string of the molecule is C\C=C/C=c1/ccc(C(=O)OC)n/c1=C/C. The second kappa shape index (κ2) is 5.85. The van der Waals surface area contributed by atoms with Gasteiger partial charge in [-0.3, -0.25) is 0 Å². The third kappa shape index (κ3) is 2.79. The van der Waals surface area contributed by atoms with Crippen molar-refractivity contribution < 1.29 is 9.53 Å². The molecule has 0 aliphatic rings. The van der Waals surface area contributed by atoms with E-state index in [1.54, 1.807) is 6.07 Å².